The highest BCUT2D eigenvalue weighted by Crippen LogP contribution is 2.21. The van der Waals surface area contributed by atoms with Gasteiger partial charge in [0.15, 0.2) is 0 Å². The van der Waals surface area contributed by atoms with Gasteiger partial charge in [0.05, 0.1) is 37.6 Å². The predicted octanol–water partition coefficient (Wildman–Crippen LogP) is 4.21. The van der Waals surface area contributed by atoms with Crippen LogP contribution in [0.1, 0.15) is 59.5 Å². The number of esters is 2. The Hall–Kier alpha value is -2.96. The Balaban J connectivity index is 2.31. The molecule has 0 spiro atoms. The standard InChI is InChI=1S/C26H32O6/c1-25(2,15-27)17-31-23(29)21-13-12-20(11-10-19-8-6-5-7-9-19)14-22(21)24(30)32-18-26(3,4)16-28/h5-14,27-28H,15-18H2,1-4H3/b11-10+. The van der Waals surface area contributed by atoms with E-state index in [1.54, 1.807) is 39.8 Å². The van der Waals surface area contributed by atoms with Crippen molar-refractivity contribution >= 4 is 24.1 Å². The van der Waals surface area contributed by atoms with Gasteiger partial charge < -0.3 is 19.7 Å². The molecule has 0 amide bonds. The summed E-state index contributed by atoms with van der Waals surface area (Å²) in [5.74, 6) is -1.34. The van der Waals surface area contributed by atoms with Crippen LogP contribution in [0.5, 0.6) is 0 Å². The van der Waals surface area contributed by atoms with Crippen molar-refractivity contribution in [2.45, 2.75) is 27.7 Å². The number of benzene rings is 2. The average molecular weight is 441 g/mol. The number of ether oxygens (including phenoxy) is 2. The van der Waals surface area contributed by atoms with E-state index >= 15 is 0 Å². The Morgan fingerprint density at radius 3 is 1.78 bits per heavy atom. The van der Waals surface area contributed by atoms with Gasteiger partial charge in [-0.15, -0.1) is 0 Å². The Labute approximate surface area is 189 Å². The lowest BCUT2D eigenvalue weighted by Gasteiger charge is -2.22. The van der Waals surface area contributed by atoms with Gasteiger partial charge in [0.25, 0.3) is 0 Å². The second-order valence-corrected chi connectivity index (χ2v) is 9.35. The molecule has 0 aromatic heterocycles. The molecule has 0 atom stereocenters. The van der Waals surface area contributed by atoms with Crippen LogP contribution in [-0.2, 0) is 9.47 Å². The van der Waals surface area contributed by atoms with Crippen LogP contribution in [0, 0.1) is 10.8 Å². The maximum absolute atomic E-state index is 12.8. The van der Waals surface area contributed by atoms with Gasteiger partial charge in [-0.05, 0) is 23.3 Å². The highest BCUT2D eigenvalue weighted by atomic mass is 16.5. The van der Waals surface area contributed by atoms with Gasteiger partial charge in [-0.1, -0.05) is 76.2 Å². The maximum atomic E-state index is 12.8. The molecule has 6 nitrogen and oxygen atoms in total. The molecule has 2 N–H and O–H groups in total. The molecule has 6 heteroatoms. The first-order valence-corrected chi connectivity index (χ1v) is 10.5. The van der Waals surface area contributed by atoms with Gasteiger partial charge in [0.1, 0.15) is 0 Å². The molecule has 0 unspecified atom stereocenters. The molecule has 0 saturated heterocycles. The van der Waals surface area contributed by atoms with Crippen LogP contribution in [0.2, 0.25) is 0 Å². The fourth-order valence-corrected chi connectivity index (χ4v) is 2.54. The molecule has 0 bridgehead atoms. The number of carbonyl (C=O) groups excluding carboxylic acids is 2. The topological polar surface area (TPSA) is 93.1 Å². The van der Waals surface area contributed by atoms with Crippen molar-refractivity contribution in [2.24, 2.45) is 10.8 Å². The van der Waals surface area contributed by atoms with Gasteiger partial charge in [0.2, 0.25) is 0 Å². The lowest BCUT2D eigenvalue weighted by molar-refractivity contribution is 0.0179. The molecule has 0 radical (unpaired) electrons. The minimum Gasteiger partial charge on any atom is -0.461 e. The van der Waals surface area contributed by atoms with Gasteiger partial charge in [-0.3, -0.25) is 0 Å². The van der Waals surface area contributed by atoms with E-state index in [4.69, 9.17) is 9.47 Å². The monoisotopic (exact) mass is 440 g/mol. The van der Waals surface area contributed by atoms with Crippen molar-refractivity contribution < 1.29 is 29.3 Å². The van der Waals surface area contributed by atoms with Crippen LogP contribution in [-0.4, -0.2) is 48.6 Å². The third-order valence-corrected chi connectivity index (χ3v) is 4.80. The van der Waals surface area contributed by atoms with Crippen molar-refractivity contribution in [1.29, 1.82) is 0 Å². The van der Waals surface area contributed by atoms with Crippen LogP contribution in [0.3, 0.4) is 0 Å². The van der Waals surface area contributed by atoms with Crippen molar-refractivity contribution in [1.82, 2.24) is 0 Å². The van der Waals surface area contributed by atoms with Crippen molar-refractivity contribution in [3.8, 4) is 0 Å². The highest BCUT2D eigenvalue weighted by Gasteiger charge is 2.25. The lowest BCUT2D eigenvalue weighted by atomic mass is 9.96. The smallest absolute Gasteiger partial charge is 0.339 e. The first-order chi connectivity index (χ1) is 15.1. The zero-order valence-electron chi connectivity index (χ0n) is 19.1. The SMILES string of the molecule is CC(C)(CO)COC(=O)c1ccc(/C=C/c2ccccc2)cc1C(=O)OCC(C)(C)CO. The Morgan fingerprint density at radius 1 is 0.750 bits per heavy atom. The molecule has 0 aliphatic carbocycles. The summed E-state index contributed by atoms with van der Waals surface area (Å²) in [7, 11) is 0. The molecule has 2 rings (SSSR count). The van der Waals surface area contributed by atoms with Crippen molar-refractivity contribution in [3.05, 3.63) is 70.8 Å². The molecule has 0 heterocycles. The second kappa shape index (κ2) is 11.1. The van der Waals surface area contributed by atoms with Crippen LogP contribution in [0.15, 0.2) is 48.5 Å². The summed E-state index contributed by atoms with van der Waals surface area (Å²) in [5.41, 5.74) is 0.681. The molecule has 0 aliphatic rings. The van der Waals surface area contributed by atoms with E-state index in [-0.39, 0.29) is 37.6 Å². The summed E-state index contributed by atoms with van der Waals surface area (Å²) in [4.78, 5) is 25.6. The molecule has 0 saturated carbocycles. The van der Waals surface area contributed by atoms with Crippen molar-refractivity contribution in [3.63, 3.8) is 0 Å². The van der Waals surface area contributed by atoms with Crippen LogP contribution < -0.4 is 0 Å². The molecule has 172 valence electrons. The van der Waals surface area contributed by atoms with Gasteiger partial charge in [0, 0.05) is 10.8 Å². The maximum Gasteiger partial charge on any atom is 0.339 e. The molecule has 2 aromatic rings. The van der Waals surface area contributed by atoms with E-state index in [9.17, 15) is 19.8 Å². The summed E-state index contributed by atoms with van der Waals surface area (Å²) in [6.07, 6.45) is 3.74. The van der Waals surface area contributed by atoms with Gasteiger partial charge in [-0.2, -0.15) is 0 Å². The van der Waals surface area contributed by atoms with Gasteiger partial charge >= 0.3 is 11.9 Å². The quantitative estimate of drug-likeness (QED) is 0.425. The zero-order chi connectivity index (χ0) is 23.8. The summed E-state index contributed by atoms with van der Waals surface area (Å²) in [6, 6.07) is 14.5. The van der Waals surface area contributed by atoms with Gasteiger partial charge in [-0.25, -0.2) is 9.59 Å². The molecule has 0 fully saturated rings. The first-order valence-electron chi connectivity index (χ1n) is 10.5. The van der Waals surface area contributed by atoms with E-state index in [0.717, 1.165) is 11.1 Å². The third-order valence-electron chi connectivity index (χ3n) is 4.80. The number of hydrogen-bond acceptors (Lipinski definition) is 6. The molecule has 32 heavy (non-hydrogen) atoms. The predicted molar refractivity (Wildman–Crippen MR) is 124 cm³/mol. The second-order valence-electron chi connectivity index (χ2n) is 9.35. The molecular weight excluding hydrogens is 408 g/mol. The summed E-state index contributed by atoms with van der Waals surface area (Å²) < 4.78 is 10.7. The highest BCUT2D eigenvalue weighted by molar-refractivity contribution is 6.03. The number of hydrogen-bond donors (Lipinski definition) is 2. The molecule has 2 aromatic carbocycles. The fourth-order valence-electron chi connectivity index (χ4n) is 2.54. The number of aliphatic hydroxyl groups is 2. The number of carbonyl (C=O) groups is 2. The minimum absolute atomic E-state index is 0.00154. The molecular formula is C26H32O6. The lowest BCUT2D eigenvalue weighted by Crippen LogP contribution is -2.27. The summed E-state index contributed by atoms with van der Waals surface area (Å²) in [5, 5.41) is 18.8. The van der Waals surface area contributed by atoms with Crippen LogP contribution in [0.25, 0.3) is 12.2 Å². The first kappa shape index (κ1) is 25.3. The average Bonchev–Trinajstić information content (AvgIpc) is 2.80. The number of rotatable bonds is 10. The Bertz CT molecular complexity index is 944. The minimum atomic E-state index is -0.671. The van der Waals surface area contributed by atoms with Crippen LogP contribution >= 0.6 is 0 Å². The third kappa shape index (κ3) is 7.62. The Morgan fingerprint density at radius 2 is 1.25 bits per heavy atom. The van der Waals surface area contributed by atoms with Crippen LogP contribution in [0.4, 0.5) is 0 Å². The Kier molecular flexibility index (Phi) is 8.75. The molecule has 0 aliphatic heterocycles. The van der Waals surface area contributed by atoms with Crippen molar-refractivity contribution in [2.75, 3.05) is 26.4 Å². The van der Waals surface area contributed by atoms with E-state index in [2.05, 4.69) is 0 Å². The normalized spacial score (nSPS) is 12.1. The largest absolute Gasteiger partial charge is 0.461 e. The summed E-state index contributed by atoms with van der Waals surface area (Å²) >= 11 is 0. The van der Waals surface area contributed by atoms with E-state index in [1.807, 2.05) is 42.5 Å². The fraction of sp³-hybridized carbons (Fsp3) is 0.385. The zero-order valence-corrected chi connectivity index (χ0v) is 19.1. The van der Waals surface area contributed by atoms with E-state index in [0.29, 0.717) is 0 Å². The summed E-state index contributed by atoms with van der Waals surface area (Å²) in [6.45, 7) is 6.78. The number of aliphatic hydroxyl groups excluding tert-OH is 2. The van der Waals surface area contributed by atoms with E-state index < -0.39 is 22.8 Å². The van der Waals surface area contributed by atoms with E-state index in [1.165, 1.54) is 6.07 Å².